The highest BCUT2D eigenvalue weighted by molar-refractivity contribution is 5.93. The summed E-state index contributed by atoms with van der Waals surface area (Å²) >= 11 is 0. The zero-order chi connectivity index (χ0) is 21.1. The van der Waals surface area contributed by atoms with E-state index in [1.54, 1.807) is 6.07 Å². The molecule has 0 aliphatic carbocycles. The lowest BCUT2D eigenvalue weighted by Gasteiger charge is -2.21. The number of primary amides is 1. The number of ether oxygens (including phenoxy) is 2. The van der Waals surface area contributed by atoms with Gasteiger partial charge in [0.1, 0.15) is 18.4 Å². The van der Waals surface area contributed by atoms with E-state index < -0.39 is 18.0 Å². The second-order valence-electron chi connectivity index (χ2n) is 6.78. The fraction of sp³-hybridized carbons (Fsp3) is 0.364. The number of nitrogens with one attached hydrogen (secondary N) is 2. The van der Waals surface area contributed by atoms with Crippen LogP contribution < -0.4 is 21.1 Å². The first kappa shape index (κ1) is 22.2. The van der Waals surface area contributed by atoms with E-state index in [0.29, 0.717) is 25.5 Å². The molecule has 0 saturated heterocycles. The molecule has 0 aliphatic heterocycles. The summed E-state index contributed by atoms with van der Waals surface area (Å²) in [7, 11) is 0. The SMILES string of the molecule is CC[C@H](C)[C@@H](NC(=O)Nc1cccc(COCCOc2ccccc2)c1)C(N)=O. The monoisotopic (exact) mass is 399 g/mol. The number of hydrogen-bond acceptors (Lipinski definition) is 4. The first-order valence-electron chi connectivity index (χ1n) is 9.71. The van der Waals surface area contributed by atoms with Gasteiger partial charge < -0.3 is 25.8 Å². The minimum absolute atomic E-state index is 0.0453. The molecule has 4 N–H and O–H groups in total. The summed E-state index contributed by atoms with van der Waals surface area (Å²) in [6.45, 7) is 5.10. The standard InChI is InChI=1S/C22H29N3O4/c1-3-16(2)20(21(23)26)25-22(27)24-18-9-7-8-17(14-18)15-28-12-13-29-19-10-5-4-6-11-19/h4-11,14,16,20H,3,12-13,15H2,1-2H3,(H2,23,26)(H2,24,25,27)/t16-,20+/m0/s1. The number of urea groups is 1. The van der Waals surface area contributed by atoms with E-state index in [-0.39, 0.29) is 5.92 Å². The Bertz CT molecular complexity index is 783. The Labute approximate surface area is 171 Å². The van der Waals surface area contributed by atoms with Gasteiger partial charge in [0.15, 0.2) is 0 Å². The number of benzene rings is 2. The number of amides is 3. The molecule has 0 bridgehead atoms. The lowest BCUT2D eigenvalue weighted by atomic mass is 9.99. The minimum atomic E-state index is -0.712. The van der Waals surface area contributed by atoms with Gasteiger partial charge in [-0.1, -0.05) is 50.6 Å². The molecule has 0 heterocycles. The summed E-state index contributed by atoms with van der Waals surface area (Å²) in [5.41, 5.74) is 6.91. The van der Waals surface area contributed by atoms with Gasteiger partial charge in [0.2, 0.25) is 5.91 Å². The van der Waals surface area contributed by atoms with Crippen LogP contribution in [0.25, 0.3) is 0 Å². The molecule has 29 heavy (non-hydrogen) atoms. The maximum Gasteiger partial charge on any atom is 0.319 e. The second-order valence-corrected chi connectivity index (χ2v) is 6.78. The minimum Gasteiger partial charge on any atom is -0.491 e. The number of para-hydroxylation sites is 1. The van der Waals surface area contributed by atoms with E-state index in [1.165, 1.54) is 0 Å². The van der Waals surface area contributed by atoms with Crippen molar-refractivity contribution in [3.63, 3.8) is 0 Å². The van der Waals surface area contributed by atoms with E-state index in [2.05, 4.69) is 10.6 Å². The molecule has 3 amide bonds. The quantitative estimate of drug-likeness (QED) is 0.505. The summed E-state index contributed by atoms with van der Waals surface area (Å²) in [5, 5.41) is 5.37. The molecular formula is C22H29N3O4. The average Bonchev–Trinajstić information content (AvgIpc) is 2.72. The molecule has 0 unspecified atom stereocenters. The molecule has 2 aromatic carbocycles. The van der Waals surface area contributed by atoms with Gasteiger partial charge in [0, 0.05) is 5.69 Å². The lowest BCUT2D eigenvalue weighted by Crippen LogP contribution is -2.49. The third-order valence-corrected chi connectivity index (χ3v) is 4.50. The maximum absolute atomic E-state index is 12.2. The van der Waals surface area contributed by atoms with E-state index in [1.807, 2.05) is 62.4 Å². The van der Waals surface area contributed by atoms with Crippen LogP contribution in [-0.2, 0) is 16.1 Å². The molecular weight excluding hydrogens is 370 g/mol. The van der Waals surface area contributed by atoms with Crippen LogP contribution >= 0.6 is 0 Å². The van der Waals surface area contributed by atoms with Crippen LogP contribution in [0, 0.1) is 5.92 Å². The zero-order valence-corrected chi connectivity index (χ0v) is 16.9. The van der Waals surface area contributed by atoms with Gasteiger partial charge >= 0.3 is 6.03 Å². The van der Waals surface area contributed by atoms with Crippen molar-refractivity contribution in [3.8, 4) is 5.75 Å². The normalized spacial score (nSPS) is 12.6. The van der Waals surface area contributed by atoms with Crippen LogP contribution in [0.2, 0.25) is 0 Å². The van der Waals surface area contributed by atoms with Gasteiger partial charge in [0.05, 0.1) is 13.2 Å². The highest BCUT2D eigenvalue weighted by Crippen LogP contribution is 2.13. The van der Waals surface area contributed by atoms with Crippen molar-refractivity contribution in [3.05, 3.63) is 60.2 Å². The van der Waals surface area contributed by atoms with Gasteiger partial charge in [-0.3, -0.25) is 4.79 Å². The topological polar surface area (TPSA) is 103 Å². The van der Waals surface area contributed by atoms with Crippen molar-refractivity contribution in [2.24, 2.45) is 11.7 Å². The van der Waals surface area contributed by atoms with Crippen molar-refractivity contribution in [1.29, 1.82) is 0 Å². The van der Waals surface area contributed by atoms with Crippen LogP contribution in [0.15, 0.2) is 54.6 Å². The molecule has 0 radical (unpaired) electrons. The van der Waals surface area contributed by atoms with Gasteiger partial charge in [-0.15, -0.1) is 0 Å². The summed E-state index contributed by atoms with van der Waals surface area (Å²) < 4.78 is 11.2. The first-order chi connectivity index (χ1) is 14.0. The summed E-state index contributed by atoms with van der Waals surface area (Å²) in [6.07, 6.45) is 0.731. The Kier molecular flexibility index (Phi) is 8.98. The van der Waals surface area contributed by atoms with Gasteiger partial charge in [-0.25, -0.2) is 4.79 Å². The Hall–Kier alpha value is -3.06. The number of rotatable bonds is 11. The molecule has 2 atom stereocenters. The second kappa shape index (κ2) is 11.7. The van der Waals surface area contributed by atoms with Crippen molar-refractivity contribution in [2.75, 3.05) is 18.5 Å². The maximum atomic E-state index is 12.2. The van der Waals surface area contributed by atoms with Crippen LogP contribution in [0.1, 0.15) is 25.8 Å². The predicted molar refractivity (Wildman–Crippen MR) is 113 cm³/mol. The number of carbonyl (C=O) groups is 2. The van der Waals surface area contributed by atoms with Crippen LogP contribution in [0.5, 0.6) is 5.75 Å². The third-order valence-electron chi connectivity index (χ3n) is 4.50. The highest BCUT2D eigenvalue weighted by Gasteiger charge is 2.23. The largest absolute Gasteiger partial charge is 0.491 e. The predicted octanol–water partition coefficient (Wildman–Crippen LogP) is 3.30. The molecule has 0 spiro atoms. The van der Waals surface area contributed by atoms with E-state index in [4.69, 9.17) is 15.2 Å². The van der Waals surface area contributed by atoms with Gasteiger partial charge in [-0.05, 0) is 35.7 Å². The average molecular weight is 399 g/mol. The molecule has 0 saturated carbocycles. The van der Waals surface area contributed by atoms with E-state index in [9.17, 15) is 9.59 Å². The number of anilines is 1. The van der Waals surface area contributed by atoms with Crippen LogP contribution in [0.4, 0.5) is 10.5 Å². The number of nitrogens with two attached hydrogens (primary N) is 1. The highest BCUT2D eigenvalue weighted by atomic mass is 16.5. The molecule has 2 rings (SSSR count). The fourth-order valence-electron chi connectivity index (χ4n) is 2.70. The summed E-state index contributed by atoms with van der Waals surface area (Å²) in [5.74, 6) is 0.213. The van der Waals surface area contributed by atoms with Crippen molar-refractivity contribution in [1.82, 2.24) is 5.32 Å². The number of carbonyl (C=O) groups excluding carboxylic acids is 2. The Morgan fingerprint density at radius 1 is 1.07 bits per heavy atom. The first-order valence-corrected chi connectivity index (χ1v) is 9.71. The van der Waals surface area contributed by atoms with E-state index in [0.717, 1.165) is 17.7 Å². The fourth-order valence-corrected chi connectivity index (χ4v) is 2.70. The molecule has 7 heteroatoms. The summed E-state index contributed by atoms with van der Waals surface area (Å²) in [6, 6.07) is 15.7. The Balaban J connectivity index is 1.78. The van der Waals surface area contributed by atoms with Gasteiger partial charge in [0.25, 0.3) is 0 Å². The molecule has 0 aliphatic rings. The van der Waals surface area contributed by atoms with Crippen molar-refractivity contribution in [2.45, 2.75) is 32.9 Å². The smallest absolute Gasteiger partial charge is 0.319 e. The number of hydrogen-bond donors (Lipinski definition) is 3. The molecule has 7 nitrogen and oxygen atoms in total. The summed E-state index contributed by atoms with van der Waals surface area (Å²) in [4.78, 5) is 23.8. The Morgan fingerprint density at radius 3 is 2.52 bits per heavy atom. The van der Waals surface area contributed by atoms with Gasteiger partial charge in [-0.2, -0.15) is 0 Å². The lowest BCUT2D eigenvalue weighted by molar-refractivity contribution is -0.120. The Morgan fingerprint density at radius 2 is 1.83 bits per heavy atom. The van der Waals surface area contributed by atoms with E-state index >= 15 is 0 Å². The van der Waals surface area contributed by atoms with Crippen LogP contribution in [0.3, 0.4) is 0 Å². The zero-order valence-electron chi connectivity index (χ0n) is 16.9. The molecule has 2 aromatic rings. The molecule has 156 valence electrons. The molecule has 0 fully saturated rings. The molecule has 0 aromatic heterocycles. The third kappa shape index (κ3) is 7.83. The van der Waals surface area contributed by atoms with Crippen molar-refractivity contribution >= 4 is 17.6 Å². The van der Waals surface area contributed by atoms with Crippen LogP contribution in [-0.4, -0.2) is 31.2 Å². The van der Waals surface area contributed by atoms with Crippen molar-refractivity contribution < 1.29 is 19.1 Å².